The van der Waals surface area contributed by atoms with E-state index in [1.165, 1.54) is 7.11 Å². The lowest BCUT2D eigenvalue weighted by Gasteiger charge is -2.42. The average molecular weight is 507 g/mol. The molecule has 0 radical (unpaired) electrons. The van der Waals surface area contributed by atoms with Crippen molar-refractivity contribution in [2.75, 3.05) is 13.7 Å². The Labute approximate surface area is 213 Å². The minimum atomic E-state index is -1.56. The highest BCUT2D eigenvalue weighted by atomic mass is 16.7. The van der Waals surface area contributed by atoms with E-state index in [1.54, 1.807) is 91.0 Å². The summed E-state index contributed by atoms with van der Waals surface area (Å²) >= 11 is 0. The molecule has 9 heteroatoms. The summed E-state index contributed by atoms with van der Waals surface area (Å²) in [7, 11) is 1.31. The maximum Gasteiger partial charge on any atom is 0.338 e. The second-order valence-corrected chi connectivity index (χ2v) is 8.21. The maximum atomic E-state index is 12.8. The van der Waals surface area contributed by atoms with Crippen molar-refractivity contribution >= 4 is 17.9 Å². The molecule has 0 aliphatic carbocycles. The zero-order chi connectivity index (χ0) is 26.2. The van der Waals surface area contributed by atoms with Crippen LogP contribution in [0.3, 0.4) is 0 Å². The van der Waals surface area contributed by atoms with E-state index in [9.17, 15) is 19.5 Å². The molecule has 37 heavy (non-hydrogen) atoms. The first-order valence-corrected chi connectivity index (χ1v) is 11.6. The number of hydrogen-bond acceptors (Lipinski definition) is 9. The SMILES string of the molecule is CO[C@@H]1OC(COC(=O)c2ccccc2)[C@H](OC(=O)c2ccccc2)C(O)C1OC(=O)c1ccccc1. The molecular weight excluding hydrogens is 480 g/mol. The molecule has 0 bridgehead atoms. The van der Waals surface area contributed by atoms with Crippen LogP contribution in [0.15, 0.2) is 91.0 Å². The summed E-state index contributed by atoms with van der Waals surface area (Å²) in [5.74, 6) is -2.09. The van der Waals surface area contributed by atoms with Crippen LogP contribution >= 0.6 is 0 Å². The van der Waals surface area contributed by atoms with Crippen LogP contribution in [0.4, 0.5) is 0 Å². The topological polar surface area (TPSA) is 118 Å². The van der Waals surface area contributed by atoms with Crippen LogP contribution in [0.2, 0.25) is 0 Å². The monoisotopic (exact) mass is 506 g/mol. The van der Waals surface area contributed by atoms with Crippen molar-refractivity contribution < 1.29 is 43.2 Å². The highest BCUT2D eigenvalue weighted by molar-refractivity contribution is 5.90. The zero-order valence-corrected chi connectivity index (χ0v) is 20.0. The Morgan fingerprint density at radius 1 is 0.703 bits per heavy atom. The molecule has 192 valence electrons. The summed E-state index contributed by atoms with van der Waals surface area (Å²) in [5.41, 5.74) is 0.803. The van der Waals surface area contributed by atoms with Crippen molar-refractivity contribution in [3.05, 3.63) is 108 Å². The quantitative estimate of drug-likeness (QED) is 0.363. The molecule has 1 aliphatic rings. The van der Waals surface area contributed by atoms with Gasteiger partial charge in [-0.1, -0.05) is 54.6 Å². The number of ether oxygens (including phenoxy) is 5. The lowest BCUT2D eigenvalue weighted by Crippen LogP contribution is -2.61. The van der Waals surface area contributed by atoms with Gasteiger partial charge in [0, 0.05) is 7.11 Å². The summed E-state index contributed by atoms with van der Waals surface area (Å²) in [6.07, 6.45) is -6.59. The molecule has 1 aliphatic heterocycles. The molecule has 3 unspecified atom stereocenters. The van der Waals surface area contributed by atoms with E-state index >= 15 is 0 Å². The second kappa shape index (κ2) is 12.3. The van der Waals surface area contributed by atoms with Crippen LogP contribution in [0.1, 0.15) is 31.1 Å². The molecule has 3 aromatic carbocycles. The zero-order valence-electron chi connectivity index (χ0n) is 20.0. The predicted octanol–water partition coefficient (Wildman–Crippen LogP) is 3.03. The number of aliphatic hydroxyl groups is 1. The molecule has 0 amide bonds. The molecule has 1 heterocycles. The highest BCUT2D eigenvalue weighted by Gasteiger charge is 2.50. The van der Waals surface area contributed by atoms with Gasteiger partial charge < -0.3 is 28.8 Å². The van der Waals surface area contributed by atoms with Gasteiger partial charge in [-0.3, -0.25) is 0 Å². The highest BCUT2D eigenvalue weighted by Crippen LogP contribution is 2.28. The maximum absolute atomic E-state index is 12.8. The molecule has 3 aromatic rings. The first-order valence-electron chi connectivity index (χ1n) is 11.6. The van der Waals surface area contributed by atoms with E-state index in [4.69, 9.17) is 23.7 Å². The number of esters is 3. The van der Waals surface area contributed by atoms with Gasteiger partial charge in [-0.05, 0) is 36.4 Å². The van der Waals surface area contributed by atoms with Crippen molar-refractivity contribution in [2.24, 2.45) is 0 Å². The first-order chi connectivity index (χ1) is 18.0. The fourth-order valence-electron chi connectivity index (χ4n) is 3.84. The van der Waals surface area contributed by atoms with E-state index in [0.717, 1.165) is 0 Å². The number of aliphatic hydroxyl groups excluding tert-OH is 1. The van der Waals surface area contributed by atoms with E-state index in [2.05, 4.69) is 0 Å². The van der Waals surface area contributed by atoms with Gasteiger partial charge in [-0.25, -0.2) is 14.4 Å². The minimum absolute atomic E-state index is 0.237. The van der Waals surface area contributed by atoms with E-state index < -0.39 is 48.6 Å². The van der Waals surface area contributed by atoms with Gasteiger partial charge in [0.05, 0.1) is 16.7 Å². The van der Waals surface area contributed by atoms with Crippen LogP contribution in [0.5, 0.6) is 0 Å². The van der Waals surface area contributed by atoms with Gasteiger partial charge in [0.2, 0.25) is 0 Å². The number of methoxy groups -OCH3 is 1. The molecule has 9 nitrogen and oxygen atoms in total. The lowest BCUT2D eigenvalue weighted by atomic mass is 9.98. The van der Waals surface area contributed by atoms with Crippen LogP contribution in [-0.2, 0) is 23.7 Å². The number of hydrogen-bond donors (Lipinski definition) is 1. The summed E-state index contributed by atoms with van der Waals surface area (Å²) in [6, 6.07) is 24.7. The van der Waals surface area contributed by atoms with E-state index in [1.807, 2.05) is 0 Å². The third kappa shape index (κ3) is 6.39. The summed E-state index contributed by atoms with van der Waals surface area (Å²) in [4.78, 5) is 38.0. The second-order valence-electron chi connectivity index (χ2n) is 8.21. The summed E-state index contributed by atoms with van der Waals surface area (Å²) in [6.45, 7) is -0.364. The van der Waals surface area contributed by atoms with Crippen molar-refractivity contribution in [3.63, 3.8) is 0 Å². The van der Waals surface area contributed by atoms with Gasteiger partial charge >= 0.3 is 17.9 Å². The molecule has 1 N–H and O–H groups in total. The molecule has 1 fully saturated rings. The van der Waals surface area contributed by atoms with Crippen molar-refractivity contribution in [1.82, 2.24) is 0 Å². The van der Waals surface area contributed by atoms with Crippen LogP contribution in [0.25, 0.3) is 0 Å². The van der Waals surface area contributed by atoms with Gasteiger partial charge in [0.1, 0.15) is 18.8 Å². The van der Waals surface area contributed by atoms with E-state index in [-0.39, 0.29) is 17.7 Å². The Morgan fingerprint density at radius 3 is 1.59 bits per heavy atom. The number of rotatable bonds is 8. The van der Waals surface area contributed by atoms with Crippen molar-refractivity contribution in [2.45, 2.75) is 30.7 Å². The standard InChI is InChI=1S/C28H26O9/c1-33-28-24(37-27(32)20-15-9-4-10-16-20)22(29)23(36-26(31)19-13-7-3-8-14-19)21(35-28)17-34-25(30)18-11-5-2-6-12-18/h2-16,21-24,28-29H,17H2,1H3/t21?,22?,23-,24?,28+/m0/s1. The fraction of sp³-hybridized carbons (Fsp3) is 0.250. The Bertz CT molecular complexity index is 1180. The lowest BCUT2D eigenvalue weighted by molar-refractivity contribution is -0.292. The summed E-state index contributed by atoms with van der Waals surface area (Å²) in [5, 5.41) is 11.2. The molecular formula is C28H26O9. The Balaban J connectivity index is 1.55. The van der Waals surface area contributed by atoms with Gasteiger partial charge in [0.15, 0.2) is 18.5 Å². The third-order valence-corrected chi connectivity index (χ3v) is 5.74. The van der Waals surface area contributed by atoms with Gasteiger partial charge in [-0.2, -0.15) is 0 Å². The van der Waals surface area contributed by atoms with Crippen LogP contribution in [0, 0.1) is 0 Å². The average Bonchev–Trinajstić information content (AvgIpc) is 2.95. The number of benzene rings is 3. The molecule has 0 aromatic heterocycles. The Morgan fingerprint density at radius 2 is 1.14 bits per heavy atom. The van der Waals surface area contributed by atoms with Gasteiger partial charge in [0.25, 0.3) is 0 Å². The molecule has 5 atom stereocenters. The predicted molar refractivity (Wildman–Crippen MR) is 130 cm³/mol. The van der Waals surface area contributed by atoms with Crippen LogP contribution in [-0.4, -0.2) is 67.4 Å². The Hall–Kier alpha value is -4.05. The smallest absolute Gasteiger partial charge is 0.338 e. The number of carbonyl (C=O) groups excluding carboxylic acids is 3. The summed E-state index contributed by atoms with van der Waals surface area (Å²) < 4.78 is 27.7. The van der Waals surface area contributed by atoms with Crippen molar-refractivity contribution in [1.29, 1.82) is 0 Å². The van der Waals surface area contributed by atoms with Gasteiger partial charge in [-0.15, -0.1) is 0 Å². The molecule has 1 saturated heterocycles. The molecule has 0 saturated carbocycles. The fourth-order valence-corrected chi connectivity index (χ4v) is 3.84. The normalized spacial score (nSPS) is 23.0. The van der Waals surface area contributed by atoms with Crippen LogP contribution < -0.4 is 0 Å². The van der Waals surface area contributed by atoms with E-state index in [0.29, 0.717) is 5.56 Å². The Kier molecular flexibility index (Phi) is 8.63. The van der Waals surface area contributed by atoms with Crippen molar-refractivity contribution in [3.8, 4) is 0 Å². The molecule has 4 rings (SSSR count). The largest absolute Gasteiger partial charge is 0.459 e. The first kappa shape index (κ1) is 26.0. The minimum Gasteiger partial charge on any atom is -0.459 e. The molecule has 0 spiro atoms. The third-order valence-electron chi connectivity index (χ3n) is 5.74. The number of carbonyl (C=O) groups is 3.